The highest BCUT2D eigenvalue weighted by atomic mass is 16.5. The van der Waals surface area contributed by atoms with Crippen molar-refractivity contribution in [1.29, 1.82) is 0 Å². The number of piperidine rings is 1. The molecule has 5 nitrogen and oxygen atoms in total. The lowest BCUT2D eigenvalue weighted by atomic mass is 9.99. The number of carbonyl (C=O) groups is 1. The molecule has 0 unspecified atom stereocenters. The lowest BCUT2D eigenvalue weighted by Gasteiger charge is -2.33. The molecule has 1 aliphatic heterocycles. The number of hydrogen-bond donors (Lipinski definition) is 0. The molecule has 0 aliphatic carbocycles. The standard InChI is InChI=1S/C17H27N3O2/c1-19-9-4-3-7-16(19)12-17(21)20(10-11-22-2)14-15-6-5-8-18-13-15/h5-6,8,13,16H,3-4,7,9-12,14H2,1-2H3/t16-/m1/s1. The maximum Gasteiger partial charge on any atom is 0.224 e. The minimum absolute atomic E-state index is 0.208. The van der Waals surface area contributed by atoms with Crippen LogP contribution in [0.5, 0.6) is 0 Å². The monoisotopic (exact) mass is 305 g/mol. The Morgan fingerprint density at radius 1 is 1.50 bits per heavy atom. The largest absolute Gasteiger partial charge is 0.383 e. The van der Waals surface area contributed by atoms with Crippen molar-refractivity contribution in [1.82, 2.24) is 14.8 Å². The normalized spacial score (nSPS) is 19.1. The number of nitrogens with zero attached hydrogens (tertiary/aromatic N) is 3. The van der Waals surface area contributed by atoms with Gasteiger partial charge in [0.1, 0.15) is 0 Å². The van der Waals surface area contributed by atoms with E-state index in [1.54, 1.807) is 13.3 Å². The number of amides is 1. The Bertz CT molecular complexity index is 452. The van der Waals surface area contributed by atoms with Gasteiger partial charge in [0.2, 0.25) is 5.91 Å². The van der Waals surface area contributed by atoms with Crippen LogP contribution in [0.25, 0.3) is 0 Å². The van der Waals surface area contributed by atoms with E-state index in [-0.39, 0.29) is 5.91 Å². The molecular formula is C17H27N3O2. The Morgan fingerprint density at radius 2 is 2.36 bits per heavy atom. The van der Waals surface area contributed by atoms with Gasteiger partial charge in [-0.05, 0) is 38.1 Å². The van der Waals surface area contributed by atoms with Crippen LogP contribution in [0.15, 0.2) is 24.5 Å². The molecule has 5 heteroatoms. The van der Waals surface area contributed by atoms with Crippen molar-refractivity contribution in [3.63, 3.8) is 0 Å². The molecule has 1 aliphatic rings. The summed E-state index contributed by atoms with van der Waals surface area (Å²) < 4.78 is 5.15. The minimum atomic E-state index is 0.208. The summed E-state index contributed by atoms with van der Waals surface area (Å²) >= 11 is 0. The molecule has 1 aromatic heterocycles. The fourth-order valence-electron chi connectivity index (χ4n) is 2.94. The number of carbonyl (C=O) groups excluding carboxylic acids is 1. The minimum Gasteiger partial charge on any atom is -0.383 e. The van der Waals surface area contributed by atoms with E-state index in [2.05, 4.69) is 16.9 Å². The molecule has 0 saturated carbocycles. The Labute approximate surface area is 133 Å². The third kappa shape index (κ3) is 5.07. The van der Waals surface area contributed by atoms with Crippen molar-refractivity contribution in [2.45, 2.75) is 38.3 Å². The van der Waals surface area contributed by atoms with Crippen LogP contribution < -0.4 is 0 Å². The van der Waals surface area contributed by atoms with E-state index in [1.165, 1.54) is 12.8 Å². The SMILES string of the molecule is COCCN(Cc1cccnc1)C(=O)C[C@H]1CCCCN1C. The molecule has 0 radical (unpaired) electrons. The topological polar surface area (TPSA) is 45.7 Å². The third-order valence-electron chi connectivity index (χ3n) is 4.35. The van der Waals surface area contributed by atoms with Crippen LogP contribution in [0.4, 0.5) is 0 Å². The molecule has 22 heavy (non-hydrogen) atoms. The fourth-order valence-corrected chi connectivity index (χ4v) is 2.94. The molecule has 2 rings (SSSR count). The molecule has 1 aromatic rings. The van der Waals surface area contributed by atoms with Gasteiger partial charge in [-0.15, -0.1) is 0 Å². The van der Waals surface area contributed by atoms with Crippen LogP contribution in [-0.2, 0) is 16.1 Å². The zero-order valence-corrected chi connectivity index (χ0v) is 13.7. The molecular weight excluding hydrogens is 278 g/mol. The quantitative estimate of drug-likeness (QED) is 0.772. The highest BCUT2D eigenvalue weighted by Crippen LogP contribution is 2.19. The van der Waals surface area contributed by atoms with E-state index < -0.39 is 0 Å². The van der Waals surface area contributed by atoms with Crippen molar-refractivity contribution in [2.75, 3.05) is 33.9 Å². The smallest absolute Gasteiger partial charge is 0.224 e. The summed E-state index contributed by atoms with van der Waals surface area (Å²) in [6.45, 7) is 2.89. The van der Waals surface area contributed by atoms with E-state index in [4.69, 9.17) is 4.74 Å². The van der Waals surface area contributed by atoms with Crippen molar-refractivity contribution in [2.24, 2.45) is 0 Å². The van der Waals surface area contributed by atoms with Crippen LogP contribution in [0.1, 0.15) is 31.2 Å². The zero-order valence-electron chi connectivity index (χ0n) is 13.7. The number of aromatic nitrogens is 1. The van der Waals surface area contributed by atoms with Crippen LogP contribution in [0.3, 0.4) is 0 Å². The molecule has 0 spiro atoms. The van der Waals surface area contributed by atoms with Crippen molar-refractivity contribution >= 4 is 5.91 Å². The number of pyridine rings is 1. The third-order valence-corrected chi connectivity index (χ3v) is 4.35. The molecule has 1 amide bonds. The number of likely N-dealkylation sites (tertiary alicyclic amines) is 1. The predicted octanol–water partition coefficient (Wildman–Crippen LogP) is 1.93. The first-order valence-electron chi connectivity index (χ1n) is 8.06. The van der Waals surface area contributed by atoms with E-state index in [9.17, 15) is 4.79 Å². The first kappa shape index (κ1) is 16.9. The van der Waals surface area contributed by atoms with Gasteiger partial charge in [0, 0.05) is 45.1 Å². The summed E-state index contributed by atoms with van der Waals surface area (Å²) in [5, 5.41) is 0. The van der Waals surface area contributed by atoms with Gasteiger partial charge >= 0.3 is 0 Å². The summed E-state index contributed by atoms with van der Waals surface area (Å²) in [5.41, 5.74) is 1.06. The van der Waals surface area contributed by atoms with E-state index in [0.717, 1.165) is 18.5 Å². The van der Waals surface area contributed by atoms with E-state index >= 15 is 0 Å². The molecule has 122 valence electrons. The fraction of sp³-hybridized carbons (Fsp3) is 0.647. The second-order valence-electron chi connectivity index (χ2n) is 6.00. The van der Waals surface area contributed by atoms with Crippen molar-refractivity contribution in [3.8, 4) is 0 Å². The number of methoxy groups -OCH3 is 1. The van der Waals surface area contributed by atoms with E-state index in [1.807, 2.05) is 23.2 Å². The first-order valence-corrected chi connectivity index (χ1v) is 8.06. The lowest BCUT2D eigenvalue weighted by molar-refractivity contribution is -0.134. The van der Waals surface area contributed by atoms with Crippen molar-refractivity contribution in [3.05, 3.63) is 30.1 Å². The Hall–Kier alpha value is -1.46. The molecule has 1 fully saturated rings. The van der Waals surface area contributed by atoms with Gasteiger partial charge in [-0.3, -0.25) is 9.78 Å². The highest BCUT2D eigenvalue weighted by molar-refractivity contribution is 5.76. The highest BCUT2D eigenvalue weighted by Gasteiger charge is 2.24. The average Bonchev–Trinajstić information content (AvgIpc) is 2.54. The molecule has 2 heterocycles. The summed E-state index contributed by atoms with van der Waals surface area (Å²) in [7, 11) is 3.79. The second kappa shape index (κ2) is 8.86. The summed E-state index contributed by atoms with van der Waals surface area (Å²) in [4.78, 5) is 21.0. The number of rotatable bonds is 7. The lowest BCUT2D eigenvalue weighted by Crippen LogP contribution is -2.42. The van der Waals surface area contributed by atoms with Crippen LogP contribution in [0.2, 0.25) is 0 Å². The van der Waals surface area contributed by atoms with Gasteiger partial charge in [-0.1, -0.05) is 12.5 Å². The maximum absolute atomic E-state index is 12.7. The van der Waals surface area contributed by atoms with Gasteiger partial charge in [0.05, 0.1) is 6.61 Å². The zero-order chi connectivity index (χ0) is 15.8. The van der Waals surface area contributed by atoms with Crippen LogP contribution in [0, 0.1) is 0 Å². The number of ether oxygens (including phenoxy) is 1. The molecule has 0 aromatic carbocycles. The Balaban J connectivity index is 1.96. The van der Waals surface area contributed by atoms with Crippen LogP contribution >= 0.6 is 0 Å². The number of hydrogen-bond acceptors (Lipinski definition) is 4. The van der Waals surface area contributed by atoms with Gasteiger partial charge < -0.3 is 14.5 Å². The second-order valence-corrected chi connectivity index (χ2v) is 6.00. The Morgan fingerprint density at radius 3 is 3.05 bits per heavy atom. The summed E-state index contributed by atoms with van der Waals surface area (Å²) in [5.74, 6) is 0.208. The van der Waals surface area contributed by atoms with Gasteiger partial charge in [-0.25, -0.2) is 0 Å². The van der Waals surface area contributed by atoms with Crippen molar-refractivity contribution < 1.29 is 9.53 Å². The maximum atomic E-state index is 12.7. The Kier molecular flexibility index (Phi) is 6.80. The summed E-state index contributed by atoms with van der Waals surface area (Å²) in [6, 6.07) is 4.29. The molecule has 0 bridgehead atoms. The average molecular weight is 305 g/mol. The predicted molar refractivity (Wildman–Crippen MR) is 86.4 cm³/mol. The van der Waals surface area contributed by atoms with Crippen LogP contribution in [-0.4, -0.2) is 60.6 Å². The molecule has 1 atom stereocenters. The molecule has 0 N–H and O–H groups in total. The van der Waals surface area contributed by atoms with E-state index in [0.29, 0.717) is 32.2 Å². The molecule has 1 saturated heterocycles. The first-order chi connectivity index (χ1) is 10.7. The summed E-state index contributed by atoms with van der Waals surface area (Å²) in [6.07, 6.45) is 7.75. The van der Waals surface area contributed by atoms with Gasteiger partial charge in [0.25, 0.3) is 0 Å². The van der Waals surface area contributed by atoms with Gasteiger partial charge in [0.15, 0.2) is 0 Å². The van der Waals surface area contributed by atoms with Gasteiger partial charge in [-0.2, -0.15) is 0 Å².